The van der Waals surface area contributed by atoms with Crippen molar-refractivity contribution < 1.29 is 14.6 Å². The predicted octanol–water partition coefficient (Wildman–Crippen LogP) is 3.06. The molecule has 1 aliphatic rings. The van der Waals surface area contributed by atoms with Gasteiger partial charge in [0.1, 0.15) is 5.75 Å². The molecule has 3 rings (SSSR count). The van der Waals surface area contributed by atoms with Crippen molar-refractivity contribution in [3.8, 4) is 5.75 Å². The summed E-state index contributed by atoms with van der Waals surface area (Å²) in [5, 5.41) is 9.63. The molecule has 6 heteroatoms. The highest BCUT2D eigenvalue weighted by Crippen LogP contribution is 2.31. The summed E-state index contributed by atoms with van der Waals surface area (Å²) in [5.41, 5.74) is 2.84. The number of piperazine rings is 1. The van der Waals surface area contributed by atoms with Gasteiger partial charge in [-0.05, 0) is 42.5 Å². The summed E-state index contributed by atoms with van der Waals surface area (Å²) in [4.78, 5) is 19.3. The van der Waals surface area contributed by atoms with Gasteiger partial charge in [0.05, 0.1) is 19.2 Å². The minimum absolute atomic E-state index is 0.0167. The van der Waals surface area contributed by atoms with Gasteiger partial charge in [-0.2, -0.15) is 0 Å². The molecule has 6 nitrogen and oxygen atoms in total. The Morgan fingerprint density at radius 2 is 1.60 bits per heavy atom. The fourth-order valence-corrected chi connectivity index (χ4v) is 2.95. The molecule has 1 aliphatic heterocycles. The van der Waals surface area contributed by atoms with Crippen LogP contribution in [0, 0.1) is 6.57 Å². The van der Waals surface area contributed by atoms with E-state index >= 15 is 0 Å². The molecule has 1 fully saturated rings. The number of phenolic OH excluding ortho intramolecular Hbond substituents is 1. The molecule has 0 saturated carbocycles. The van der Waals surface area contributed by atoms with Gasteiger partial charge < -0.3 is 19.6 Å². The highest BCUT2D eigenvalue weighted by atomic mass is 16.5. The van der Waals surface area contributed by atoms with Gasteiger partial charge in [0.25, 0.3) is 0 Å². The number of hydrogen-bond acceptors (Lipinski definition) is 5. The van der Waals surface area contributed by atoms with Crippen LogP contribution >= 0.6 is 0 Å². The largest absolute Gasteiger partial charge is 0.519 e. The number of anilines is 2. The molecule has 0 unspecified atom stereocenters. The third kappa shape index (κ3) is 3.50. The van der Waals surface area contributed by atoms with Crippen LogP contribution in [0.2, 0.25) is 0 Å². The van der Waals surface area contributed by atoms with E-state index in [1.54, 1.807) is 24.3 Å². The van der Waals surface area contributed by atoms with Crippen LogP contribution in [0.1, 0.15) is 10.4 Å². The minimum atomic E-state index is -0.334. The molecule has 1 N–H and O–H groups in total. The first kappa shape index (κ1) is 16.7. The van der Waals surface area contributed by atoms with Gasteiger partial charge in [-0.15, -0.1) is 0 Å². The summed E-state index contributed by atoms with van der Waals surface area (Å²) < 4.78 is 4.71. The predicted molar refractivity (Wildman–Crippen MR) is 96.6 cm³/mol. The molecule has 0 spiro atoms. The van der Waals surface area contributed by atoms with E-state index in [0.717, 1.165) is 37.6 Å². The summed E-state index contributed by atoms with van der Waals surface area (Å²) in [5.74, 6) is -0.317. The first-order valence-electron chi connectivity index (χ1n) is 8.01. The van der Waals surface area contributed by atoms with Crippen LogP contribution < -0.4 is 9.80 Å². The van der Waals surface area contributed by atoms with Gasteiger partial charge in [0.15, 0.2) is 0 Å². The molecular formula is C19H19N3O3. The Morgan fingerprint density at radius 1 is 1.04 bits per heavy atom. The Bertz CT molecular complexity index is 804. The van der Waals surface area contributed by atoms with Crippen LogP contribution in [-0.2, 0) is 4.74 Å². The van der Waals surface area contributed by atoms with Gasteiger partial charge in [-0.3, -0.25) is 0 Å². The highest BCUT2D eigenvalue weighted by Gasteiger charge is 2.18. The van der Waals surface area contributed by atoms with E-state index in [4.69, 9.17) is 11.3 Å². The summed E-state index contributed by atoms with van der Waals surface area (Å²) in [7, 11) is 1.37. The molecule has 0 amide bonds. The van der Waals surface area contributed by atoms with E-state index in [1.807, 2.05) is 18.2 Å². The molecule has 0 atom stereocenters. The van der Waals surface area contributed by atoms with E-state index < -0.39 is 0 Å². The third-order valence-corrected chi connectivity index (χ3v) is 4.38. The molecule has 0 radical (unpaired) electrons. The van der Waals surface area contributed by atoms with Crippen molar-refractivity contribution in [2.24, 2.45) is 0 Å². The molecule has 0 aromatic heterocycles. The van der Waals surface area contributed by atoms with Gasteiger partial charge in [-0.25, -0.2) is 9.64 Å². The topological polar surface area (TPSA) is 57.4 Å². The lowest BCUT2D eigenvalue weighted by molar-refractivity contribution is 0.0601. The monoisotopic (exact) mass is 337 g/mol. The van der Waals surface area contributed by atoms with Crippen LogP contribution in [0.15, 0.2) is 42.5 Å². The van der Waals surface area contributed by atoms with E-state index in [1.165, 1.54) is 7.11 Å². The van der Waals surface area contributed by atoms with Crippen molar-refractivity contribution in [2.75, 3.05) is 43.1 Å². The zero-order valence-electron chi connectivity index (χ0n) is 14.0. The second kappa shape index (κ2) is 7.14. The number of carbonyl (C=O) groups is 1. The Labute approximate surface area is 146 Å². The van der Waals surface area contributed by atoms with E-state index in [2.05, 4.69) is 14.6 Å². The first-order chi connectivity index (χ1) is 12.1. The van der Waals surface area contributed by atoms with E-state index in [0.29, 0.717) is 5.56 Å². The van der Waals surface area contributed by atoms with Crippen molar-refractivity contribution in [3.63, 3.8) is 0 Å². The highest BCUT2D eigenvalue weighted by molar-refractivity contribution is 5.89. The molecule has 128 valence electrons. The van der Waals surface area contributed by atoms with Crippen molar-refractivity contribution in [3.05, 3.63) is 59.4 Å². The molecule has 1 heterocycles. The molecular weight excluding hydrogens is 318 g/mol. The standard InChI is InChI=1S/C19H19N3O3/c1-20-17-13-16(7-8-18(17)23)22-11-9-21(10-12-22)15-5-3-14(4-6-15)19(24)25-2/h3-8,13,23H,9-12H2,2H3. The summed E-state index contributed by atoms with van der Waals surface area (Å²) in [6.07, 6.45) is 0. The summed E-state index contributed by atoms with van der Waals surface area (Å²) in [6.45, 7) is 10.4. The van der Waals surface area contributed by atoms with Crippen molar-refractivity contribution in [2.45, 2.75) is 0 Å². The lowest BCUT2D eigenvalue weighted by atomic mass is 10.1. The molecule has 0 aliphatic carbocycles. The number of esters is 1. The number of carbonyl (C=O) groups excluding carboxylic acids is 1. The Hall–Kier alpha value is -3.20. The fourth-order valence-electron chi connectivity index (χ4n) is 2.95. The number of benzene rings is 2. The van der Waals surface area contributed by atoms with Crippen molar-refractivity contribution >= 4 is 23.0 Å². The third-order valence-electron chi connectivity index (χ3n) is 4.38. The average Bonchev–Trinajstić information content (AvgIpc) is 2.68. The quantitative estimate of drug-likeness (QED) is 0.689. The van der Waals surface area contributed by atoms with Crippen LogP contribution in [0.3, 0.4) is 0 Å². The maximum atomic E-state index is 11.5. The van der Waals surface area contributed by atoms with E-state index in [9.17, 15) is 9.90 Å². The smallest absolute Gasteiger partial charge is 0.337 e. The molecule has 25 heavy (non-hydrogen) atoms. The van der Waals surface area contributed by atoms with Gasteiger partial charge in [0.2, 0.25) is 5.69 Å². The van der Waals surface area contributed by atoms with Gasteiger partial charge in [-0.1, -0.05) is 0 Å². The van der Waals surface area contributed by atoms with Crippen molar-refractivity contribution in [1.82, 2.24) is 0 Å². The van der Waals surface area contributed by atoms with Crippen LogP contribution in [0.4, 0.5) is 17.1 Å². The zero-order chi connectivity index (χ0) is 17.8. The number of methoxy groups -OCH3 is 1. The summed E-state index contributed by atoms with van der Waals surface area (Å²) in [6, 6.07) is 12.5. The molecule has 2 aromatic rings. The minimum Gasteiger partial charge on any atom is -0.519 e. The normalized spacial score (nSPS) is 14.1. The average molecular weight is 337 g/mol. The Kier molecular flexibility index (Phi) is 4.75. The molecule has 2 aromatic carbocycles. The zero-order valence-corrected chi connectivity index (χ0v) is 14.0. The SMILES string of the molecule is [C-]#[N+]c1cc(N2CCN(c3ccc(C(=O)OC)cc3)CC2)ccc1O. The van der Waals surface area contributed by atoms with E-state index in [-0.39, 0.29) is 17.4 Å². The van der Waals surface area contributed by atoms with Gasteiger partial charge >= 0.3 is 5.97 Å². The second-order valence-corrected chi connectivity index (χ2v) is 5.80. The number of hydrogen-bond donors (Lipinski definition) is 1. The molecule has 0 bridgehead atoms. The maximum Gasteiger partial charge on any atom is 0.337 e. The lowest BCUT2D eigenvalue weighted by Gasteiger charge is -2.37. The number of ether oxygens (including phenoxy) is 1. The van der Waals surface area contributed by atoms with Crippen LogP contribution in [0.5, 0.6) is 5.75 Å². The fraction of sp³-hybridized carbons (Fsp3) is 0.263. The number of aromatic hydroxyl groups is 1. The first-order valence-corrected chi connectivity index (χ1v) is 8.01. The second-order valence-electron chi connectivity index (χ2n) is 5.80. The Balaban J connectivity index is 1.66. The molecule has 1 saturated heterocycles. The summed E-state index contributed by atoms with van der Waals surface area (Å²) >= 11 is 0. The maximum absolute atomic E-state index is 11.5. The van der Waals surface area contributed by atoms with Gasteiger partial charge in [0, 0.05) is 37.6 Å². The number of nitrogens with zero attached hydrogens (tertiary/aromatic N) is 3. The van der Waals surface area contributed by atoms with Crippen molar-refractivity contribution in [1.29, 1.82) is 0 Å². The number of phenols is 1. The number of rotatable bonds is 3. The lowest BCUT2D eigenvalue weighted by Crippen LogP contribution is -2.46. The van der Waals surface area contributed by atoms with Crippen LogP contribution in [-0.4, -0.2) is 44.4 Å². The Morgan fingerprint density at radius 3 is 2.16 bits per heavy atom. The van der Waals surface area contributed by atoms with Crippen LogP contribution in [0.25, 0.3) is 4.85 Å².